The van der Waals surface area contributed by atoms with Crippen LogP contribution in [0.5, 0.6) is 0 Å². The fourth-order valence-electron chi connectivity index (χ4n) is 3.02. The molecule has 1 saturated heterocycles. The van der Waals surface area contributed by atoms with Crippen LogP contribution in [0.3, 0.4) is 0 Å². The first-order valence-corrected chi connectivity index (χ1v) is 8.98. The zero-order valence-electron chi connectivity index (χ0n) is 11.1. The smallest absolute Gasteiger partial charge is 0.242 e. The summed E-state index contributed by atoms with van der Waals surface area (Å²) in [4.78, 5) is -0.0388. The molecule has 1 aromatic rings. The quantitative estimate of drug-likeness (QED) is 0.870. The van der Waals surface area contributed by atoms with Gasteiger partial charge in [0.25, 0.3) is 0 Å². The van der Waals surface area contributed by atoms with Crippen LogP contribution in [0.25, 0.3) is 0 Å². The van der Waals surface area contributed by atoms with Crippen molar-refractivity contribution < 1.29 is 13.2 Å². The summed E-state index contributed by atoms with van der Waals surface area (Å²) in [6.07, 6.45) is 1.79. The van der Waals surface area contributed by atoms with Crippen LogP contribution in [0.2, 0.25) is 10.0 Å². The molecule has 3 N–H and O–H groups in total. The monoisotopic (exact) mass is 350 g/mol. The fourth-order valence-corrected chi connectivity index (χ4v) is 5.06. The Morgan fingerprint density at radius 2 is 2.10 bits per heavy atom. The van der Waals surface area contributed by atoms with Gasteiger partial charge in [0.2, 0.25) is 10.0 Å². The first-order valence-electron chi connectivity index (χ1n) is 6.75. The van der Waals surface area contributed by atoms with Crippen molar-refractivity contribution in [1.82, 2.24) is 4.72 Å². The highest BCUT2D eigenvalue weighted by Crippen LogP contribution is 2.38. The van der Waals surface area contributed by atoms with Crippen molar-refractivity contribution in [2.24, 2.45) is 11.7 Å². The van der Waals surface area contributed by atoms with Crippen molar-refractivity contribution in [2.75, 3.05) is 6.61 Å². The number of ether oxygens (including phenoxy) is 1. The molecule has 0 spiro atoms. The van der Waals surface area contributed by atoms with E-state index in [9.17, 15) is 8.42 Å². The molecule has 4 atom stereocenters. The second kappa shape index (κ2) is 5.68. The first-order chi connectivity index (χ1) is 9.90. The van der Waals surface area contributed by atoms with Crippen LogP contribution in [-0.4, -0.2) is 33.2 Å². The van der Waals surface area contributed by atoms with Crippen molar-refractivity contribution in [2.45, 2.75) is 35.9 Å². The minimum Gasteiger partial charge on any atom is -0.376 e. The summed E-state index contributed by atoms with van der Waals surface area (Å²) < 4.78 is 33.2. The summed E-state index contributed by atoms with van der Waals surface area (Å²) in [5.41, 5.74) is 6.06. The summed E-state index contributed by atoms with van der Waals surface area (Å²) in [6.45, 7) is 0.643. The van der Waals surface area contributed by atoms with Crippen LogP contribution in [0, 0.1) is 5.92 Å². The van der Waals surface area contributed by atoms with Gasteiger partial charge in [0.05, 0.1) is 17.2 Å². The summed E-state index contributed by atoms with van der Waals surface area (Å²) >= 11 is 11.8. The predicted octanol–water partition coefficient (Wildman–Crippen LogP) is 1.78. The standard InChI is InChI=1S/C13H16Cl2N2O3S/c14-7-3-4-9(15)10(6-7)21(18,19)17-12-11(16)8-2-1-5-20-13(8)12/h3-4,6,8,11-13,17H,1-2,5,16H2. The lowest BCUT2D eigenvalue weighted by atomic mass is 9.69. The van der Waals surface area contributed by atoms with Crippen molar-refractivity contribution in [3.05, 3.63) is 28.2 Å². The molecule has 0 bridgehead atoms. The molecule has 2 aliphatic rings. The molecule has 0 aromatic heterocycles. The lowest BCUT2D eigenvalue weighted by molar-refractivity contribution is -0.114. The Balaban J connectivity index is 1.82. The number of hydrogen-bond acceptors (Lipinski definition) is 4. The Labute approximate surface area is 133 Å². The van der Waals surface area contributed by atoms with Gasteiger partial charge in [0, 0.05) is 23.6 Å². The van der Waals surface area contributed by atoms with E-state index in [2.05, 4.69) is 4.72 Å². The van der Waals surface area contributed by atoms with E-state index in [1.165, 1.54) is 18.2 Å². The van der Waals surface area contributed by atoms with Gasteiger partial charge >= 0.3 is 0 Å². The second-order valence-corrected chi connectivity index (χ2v) is 7.97. The van der Waals surface area contributed by atoms with Gasteiger partial charge in [0.1, 0.15) is 4.90 Å². The Morgan fingerprint density at radius 3 is 2.86 bits per heavy atom. The largest absolute Gasteiger partial charge is 0.376 e. The van der Waals surface area contributed by atoms with Gasteiger partial charge in [-0.25, -0.2) is 13.1 Å². The lowest BCUT2D eigenvalue weighted by Crippen LogP contribution is -2.71. The maximum atomic E-state index is 12.5. The molecule has 5 nitrogen and oxygen atoms in total. The molecule has 4 unspecified atom stereocenters. The third-order valence-corrected chi connectivity index (χ3v) is 6.33. The second-order valence-electron chi connectivity index (χ2n) is 5.44. The van der Waals surface area contributed by atoms with Crippen molar-refractivity contribution in [3.8, 4) is 0 Å². The Morgan fingerprint density at radius 1 is 1.33 bits per heavy atom. The minimum absolute atomic E-state index is 0.0388. The topological polar surface area (TPSA) is 81.4 Å². The van der Waals surface area contributed by atoms with Gasteiger partial charge in [-0.3, -0.25) is 0 Å². The number of fused-ring (bicyclic) bond motifs is 1. The van der Waals surface area contributed by atoms with Crippen LogP contribution in [0.4, 0.5) is 0 Å². The highest BCUT2D eigenvalue weighted by Gasteiger charge is 2.52. The first kappa shape index (κ1) is 15.5. The molecule has 1 saturated carbocycles. The third-order valence-electron chi connectivity index (χ3n) is 4.15. The van der Waals surface area contributed by atoms with Crippen LogP contribution >= 0.6 is 23.2 Å². The van der Waals surface area contributed by atoms with Crippen molar-refractivity contribution in [1.29, 1.82) is 0 Å². The molecule has 21 heavy (non-hydrogen) atoms. The number of nitrogens with one attached hydrogen (secondary N) is 1. The SMILES string of the molecule is NC1C2CCCOC2C1NS(=O)(=O)c1cc(Cl)ccc1Cl. The molecule has 1 aliphatic carbocycles. The highest BCUT2D eigenvalue weighted by atomic mass is 35.5. The Hall–Kier alpha value is -0.370. The summed E-state index contributed by atoms with van der Waals surface area (Å²) in [5, 5.41) is 0.436. The van der Waals surface area contributed by atoms with Crippen LogP contribution < -0.4 is 10.5 Å². The molecule has 116 valence electrons. The van der Waals surface area contributed by atoms with Gasteiger partial charge in [-0.1, -0.05) is 23.2 Å². The Bertz CT molecular complexity index is 653. The van der Waals surface area contributed by atoms with Gasteiger partial charge < -0.3 is 10.5 Å². The van der Waals surface area contributed by atoms with E-state index in [1.807, 2.05) is 0 Å². The predicted molar refractivity (Wildman–Crippen MR) is 81.0 cm³/mol. The van der Waals surface area contributed by atoms with E-state index >= 15 is 0 Å². The maximum absolute atomic E-state index is 12.5. The Kier molecular flexibility index (Phi) is 4.20. The summed E-state index contributed by atoms with van der Waals surface area (Å²) in [6, 6.07) is 3.67. The fraction of sp³-hybridized carbons (Fsp3) is 0.538. The molecule has 2 fully saturated rings. The molecule has 0 radical (unpaired) electrons. The number of nitrogens with two attached hydrogens (primary N) is 1. The lowest BCUT2D eigenvalue weighted by Gasteiger charge is -2.52. The van der Waals surface area contributed by atoms with E-state index in [0.29, 0.717) is 11.6 Å². The molecule has 1 aromatic carbocycles. The molecule has 8 heteroatoms. The van der Waals surface area contributed by atoms with Crippen LogP contribution in [0.1, 0.15) is 12.8 Å². The number of rotatable bonds is 3. The van der Waals surface area contributed by atoms with Gasteiger partial charge in [-0.15, -0.1) is 0 Å². The molecule has 1 aliphatic heterocycles. The molecule has 0 amide bonds. The van der Waals surface area contributed by atoms with E-state index in [1.54, 1.807) is 0 Å². The van der Waals surface area contributed by atoms with Crippen molar-refractivity contribution >= 4 is 33.2 Å². The molecule has 1 heterocycles. The number of benzene rings is 1. The zero-order chi connectivity index (χ0) is 15.2. The number of halogens is 2. The van der Waals surface area contributed by atoms with Gasteiger partial charge in [-0.2, -0.15) is 0 Å². The summed E-state index contributed by atoms with van der Waals surface area (Å²) in [5.74, 6) is 0.223. The van der Waals surface area contributed by atoms with Crippen molar-refractivity contribution in [3.63, 3.8) is 0 Å². The van der Waals surface area contributed by atoms with Gasteiger partial charge in [-0.05, 0) is 31.0 Å². The third kappa shape index (κ3) is 2.81. The van der Waals surface area contributed by atoms with E-state index in [-0.39, 0.29) is 28.0 Å². The molecular weight excluding hydrogens is 335 g/mol. The number of sulfonamides is 1. The minimum atomic E-state index is -3.78. The normalized spacial score (nSPS) is 32.3. The average Bonchev–Trinajstić information content (AvgIpc) is 2.47. The number of hydrogen-bond donors (Lipinski definition) is 2. The zero-order valence-corrected chi connectivity index (χ0v) is 13.5. The van der Waals surface area contributed by atoms with Crippen LogP contribution in [-0.2, 0) is 14.8 Å². The van der Waals surface area contributed by atoms with E-state index in [4.69, 9.17) is 33.7 Å². The molecular formula is C13H16Cl2N2O3S. The average molecular weight is 351 g/mol. The highest BCUT2D eigenvalue weighted by molar-refractivity contribution is 7.89. The maximum Gasteiger partial charge on any atom is 0.242 e. The summed E-state index contributed by atoms with van der Waals surface area (Å²) in [7, 11) is -3.78. The van der Waals surface area contributed by atoms with Crippen LogP contribution in [0.15, 0.2) is 23.1 Å². The molecule has 3 rings (SSSR count). The van der Waals surface area contributed by atoms with E-state index < -0.39 is 16.1 Å². The van der Waals surface area contributed by atoms with E-state index in [0.717, 1.165) is 12.8 Å². The van der Waals surface area contributed by atoms with Gasteiger partial charge in [0.15, 0.2) is 0 Å².